The molecule has 8 heteroatoms. The normalized spacial score (nSPS) is 13.0. The van der Waals surface area contributed by atoms with Crippen LogP contribution in [0.1, 0.15) is 0 Å². The second-order valence-corrected chi connectivity index (χ2v) is 2.47. The Morgan fingerprint density at radius 2 is 1.41 bits per heavy atom. The smallest absolute Gasteiger partial charge is 0.205 e. The van der Waals surface area contributed by atoms with Crippen LogP contribution in [-0.2, 0) is 0 Å². The fourth-order valence-electron chi connectivity index (χ4n) is 1.06. The summed E-state index contributed by atoms with van der Waals surface area (Å²) in [6.45, 7) is 0. The van der Waals surface area contributed by atoms with Crippen molar-refractivity contribution in [3.05, 3.63) is 22.5 Å². The molecule has 7 nitrogen and oxygen atoms in total. The summed E-state index contributed by atoms with van der Waals surface area (Å²) in [6, 6.07) is 6.52. The summed E-state index contributed by atoms with van der Waals surface area (Å²) in [4.78, 5) is 0. The van der Waals surface area contributed by atoms with Crippen LogP contribution in [0.3, 0.4) is 0 Å². The largest absolute Gasteiger partial charge is 0.273 e. The summed E-state index contributed by atoms with van der Waals surface area (Å²) in [5, 5.41) is 44.4. The second-order valence-electron chi connectivity index (χ2n) is 2.47. The summed E-state index contributed by atoms with van der Waals surface area (Å²) in [5.74, 6) is 0. The third kappa shape index (κ3) is 2.37. The van der Waals surface area contributed by atoms with Gasteiger partial charge in [-0.2, -0.15) is 31.3 Å². The van der Waals surface area contributed by atoms with E-state index < -0.39 is 0 Å². The number of nitrogens with zero attached hydrogens (tertiary/aromatic N) is 6. The number of hydrazine groups is 1. The van der Waals surface area contributed by atoms with Gasteiger partial charge in [0.05, 0.1) is 0 Å². The Kier molecular flexibility index (Phi) is 5.29. The van der Waals surface area contributed by atoms with Gasteiger partial charge in [-0.05, 0) is 0 Å². The van der Waals surface area contributed by atoms with E-state index in [2.05, 4.69) is 5.43 Å². The minimum absolute atomic E-state index is 0. The van der Waals surface area contributed by atoms with E-state index in [-0.39, 0.29) is 52.1 Å². The van der Waals surface area contributed by atoms with E-state index in [1.54, 1.807) is 30.5 Å². The Morgan fingerprint density at radius 3 is 1.76 bits per heavy atom. The molecule has 0 unspecified atom stereocenters. The molecule has 0 atom stereocenters. The molecule has 0 aromatic carbocycles. The van der Waals surface area contributed by atoms with Crippen LogP contribution >= 0.6 is 0 Å². The van der Waals surface area contributed by atoms with E-state index in [1.807, 2.05) is 0 Å². The topological polar surface area (TPSA) is 134 Å². The molecule has 0 spiro atoms. The molecular formula is C9HN7Na. The van der Waals surface area contributed by atoms with Gasteiger partial charge in [0.2, 0.25) is 6.19 Å². The van der Waals surface area contributed by atoms with Gasteiger partial charge in [-0.25, -0.2) is 0 Å². The first-order chi connectivity index (χ1) is 7.73. The van der Waals surface area contributed by atoms with E-state index in [0.717, 1.165) is 0 Å². The van der Waals surface area contributed by atoms with Gasteiger partial charge < -0.3 is 0 Å². The van der Waals surface area contributed by atoms with E-state index in [1.165, 1.54) is 0 Å². The van der Waals surface area contributed by atoms with Crippen molar-refractivity contribution in [2.24, 2.45) is 0 Å². The van der Waals surface area contributed by atoms with Gasteiger partial charge in [-0.1, -0.05) is 0 Å². The molecule has 0 saturated heterocycles. The molecule has 1 aliphatic heterocycles. The average molecular weight is 230 g/mol. The van der Waals surface area contributed by atoms with E-state index >= 15 is 0 Å². The Labute approximate surface area is 119 Å². The third-order valence-corrected chi connectivity index (χ3v) is 1.73. The van der Waals surface area contributed by atoms with Crippen molar-refractivity contribution in [3.63, 3.8) is 0 Å². The van der Waals surface area contributed by atoms with Crippen LogP contribution < -0.4 is 5.43 Å². The maximum absolute atomic E-state index is 8.80. The second kappa shape index (κ2) is 6.19. The predicted molar refractivity (Wildman–Crippen MR) is 52.8 cm³/mol. The molecule has 1 rings (SSSR count). The quantitative estimate of drug-likeness (QED) is 0.438. The van der Waals surface area contributed by atoms with Crippen molar-refractivity contribution in [3.8, 4) is 30.5 Å². The first kappa shape index (κ1) is 14.5. The molecule has 0 aliphatic carbocycles. The molecule has 1 N–H and O–H groups in total. The molecule has 0 aromatic rings. The fraction of sp³-hybridized carbons (Fsp3) is 0. The molecule has 0 bridgehead atoms. The Hall–Kier alpha value is -2.47. The van der Waals surface area contributed by atoms with Crippen molar-refractivity contribution in [2.45, 2.75) is 0 Å². The number of rotatable bonds is 0. The molecule has 0 aromatic heterocycles. The van der Waals surface area contributed by atoms with Crippen molar-refractivity contribution in [1.82, 2.24) is 10.4 Å². The van der Waals surface area contributed by atoms with E-state index in [0.29, 0.717) is 5.01 Å². The number of hydrogen-bond acceptors (Lipinski definition) is 7. The molecule has 17 heavy (non-hydrogen) atoms. The minimum atomic E-state index is -0.305. The van der Waals surface area contributed by atoms with Crippen molar-refractivity contribution < 1.29 is 0 Å². The van der Waals surface area contributed by atoms with Crippen molar-refractivity contribution in [1.29, 1.82) is 26.3 Å². The zero-order valence-electron chi connectivity index (χ0n) is 8.68. The van der Waals surface area contributed by atoms with E-state index in [9.17, 15) is 0 Å². The SMILES string of the molecule is N#CC1=C(C#N)C(C#N)=C(C#N)N(C#N)N1.[Na]. The van der Waals surface area contributed by atoms with Crippen LogP contribution in [-0.4, -0.2) is 34.6 Å². The Bertz CT molecular complexity index is 608. The van der Waals surface area contributed by atoms with Crippen molar-refractivity contribution in [2.75, 3.05) is 0 Å². The average Bonchev–Trinajstić information content (AvgIpc) is 2.35. The predicted octanol–water partition coefficient (Wildman–Crippen LogP) is -0.491. The number of nitrogens with one attached hydrogen (secondary N) is 1. The molecule has 1 heterocycles. The number of nitriles is 5. The molecule has 0 saturated carbocycles. The monoisotopic (exact) mass is 230 g/mol. The van der Waals surface area contributed by atoms with Crippen LogP contribution in [0.4, 0.5) is 0 Å². The van der Waals surface area contributed by atoms with Gasteiger partial charge in [-0.3, -0.25) is 5.43 Å². The minimum Gasteiger partial charge on any atom is -0.273 e. The molecule has 0 fully saturated rings. The third-order valence-electron chi connectivity index (χ3n) is 1.73. The fourth-order valence-corrected chi connectivity index (χ4v) is 1.06. The van der Waals surface area contributed by atoms with Gasteiger partial charge in [0.25, 0.3) is 0 Å². The number of hydrogen-bond donors (Lipinski definition) is 1. The summed E-state index contributed by atoms with van der Waals surface area (Å²) < 4.78 is 0. The van der Waals surface area contributed by atoms with Gasteiger partial charge >= 0.3 is 0 Å². The van der Waals surface area contributed by atoms with Crippen LogP contribution in [0.25, 0.3) is 0 Å². The molecule has 0 amide bonds. The number of allylic oxidation sites excluding steroid dienone is 4. The first-order valence-electron chi connectivity index (χ1n) is 3.79. The maximum atomic E-state index is 8.80. The Balaban J connectivity index is 0.00000256. The maximum Gasteiger partial charge on any atom is 0.205 e. The van der Waals surface area contributed by atoms with Gasteiger partial charge in [0, 0.05) is 29.6 Å². The summed E-state index contributed by atoms with van der Waals surface area (Å²) in [7, 11) is 0. The molecule has 1 aliphatic rings. The van der Waals surface area contributed by atoms with Gasteiger partial charge in [0.1, 0.15) is 35.4 Å². The first-order valence-corrected chi connectivity index (χ1v) is 3.79. The zero-order valence-corrected chi connectivity index (χ0v) is 10.7. The van der Waals surface area contributed by atoms with Gasteiger partial charge in [0.15, 0.2) is 11.4 Å². The standard InChI is InChI=1S/C9HN7.Na/c10-1-6-7(2-11)9(4-13)16(5-14)15-8(6)3-12;/h15H;. The summed E-state index contributed by atoms with van der Waals surface area (Å²) in [5.41, 5.74) is 1.18. The van der Waals surface area contributed by atoms with Crippen LogP contribution in [0, 0.1) is 56.8 Å². The molecule has 73 valence electrons. The summed E-state index contributed by atoms with van der Waals surface area (Å²) in [6.07, 6.45) is 1.57. The zero-order chi connectivity index (χ0) is 12.1. The van der Waals surface area contributed by atoms with Crippen LogP contribution in [0.15, 0.2) is 22.5 Å². The Morgan fingerprint density at radius 1 is 0.824 bits per heavy atom. The molecule has 1 radical (unpaired) electrons. The summed E-state index contributed by atoms with van der Waals surface area (Å²) >= 11 is 0. The molecular weight excluding hydrogens is 229 g/mol. The van der Waals surface area contributed by atoms with Crippen LogP contribution in [0.2, 0.25) is 0 Å². The van der Waals surface area contributed by atoms with Crippen LogP contribution in [0.5, 0.6) is 0 Å². The van der Waals surface area contributed by atoms with Gasteiger partial charge in [-0.15, -0.1) is 0 Å². The van der Waals surface area contributed by atoms with Crippen molar-refractivity contribution >= 4 is 29.6 Å². The van der Waals surface area contributed by atoms with E-state index in [4.69, 9.17) is 26.3 Å².